The molecule has 172 valence electrons. The first-order valence-electron chi connectivity index (χ1n) is 10.8. The fourth-order valence-corrected chi connectivity index (χ4v) is 7.09. The maximum Gasteiger partial charge on any atom is 0.331 e. The third kappa shape index (κ3) is 4.67. The smallest absolute Gasteiger partial charge is 0.307 e. The van der Waals surface area contributed by atoms with Crippen molar-refractivity contribution in [2.24, 2.45) is 4.36 Å². The maximum atomic E-state index is 13.2. The molecule has 11 heteroatoms. The summed E-state index contributed by atoms with van der Waals surface area (Å²) in [5, 5.41) is 13.0. The number of urea groups is 1. The van der Waals surface area contributed by atoms with Gasteiger partial charge in [-0.1, -0.05) is 16.5 Å². The van der Waals surface area contributed by atoms with Gasteiger partial charge in [0.25, 0.3) is 0 Å². The molecule has 3 aliphatic rings. The van der Waals surface area contributed by atoms with Gasteiger partial charge in [0.1, 0.15) is 0 Å². The van der Waals surface area contributed by atoms with Crippen LogP contribution >= 0.6 is 0 Å². The number of anilines is 1. The number of amides is 2. The zero-order valence-corrected chi connectivity index (χ0v) is 19.6. The van der Waals surface area contributed by atoms with Crippen LogP contribution in [0.4, 0.5) is 10.5 Å². The lowest BCUT2D eigenvalue weighted by atomic mass is 9.99. The number of fused-ring (bicyclic) bond motifs is 2. The van der Waals surface area contributed by atoms with Crippen LogP contribution in [0, 0.1) is 11.5 Å². The Bertz CT molecular complexity index is 1210. The van der Waals surface area contributed by atoms with Crippen molar-refractivity contribution >= 4 is 31.7 Å². The maximum absolute atomic E-state index is 13.2. The number of hydrogen-bond donors (Lipinski definition) is 2. The van der Waals surface area contributed by atoms with Crippen LogP contribution in [-0.4, -0.2) is 41.8 Å². The van der Waals surface area contributed by atoms with Crippen LogP contribution in [0.1, 0.15) is 47.9 Å². The fraction of sp³-hybridized carbons (Fsp3) is 0.524. The number of nitrogens with zero attached hydrogens (tertiary/aromatic N) is 3. The minimum absolute atomic E-state index is 0.378. The van der Waals surface area contributed by atoms with Crippen LogP contribution in [0.25, 0.3) is 0 Å². The SMILES string of the molecule is CS(=O)(=O)N1CCC[C@@H]1/C=C/S(=O)(=NC#N)NC(=O)Nc1c2c(cc3c1CCC3)CCC2. The molecule has 2 aliphatic carbocycles. The molecule has 1 aliphatic heterocycles. The van der Waals surface area contributed by atoms with Gasteiger partial charge < -0.3 is 5.32 Å². The van der Waals surface area contributed by atoms with Crippen molar-refractivity contribution in [3.63, 3.8) is 0 Å². The highest BCUT2D eigenvalue weighted by molar-refractivity contribution is 7.95. The molecule has 1 aromatic rings. The van der Waals surface area contributed by atoms with Gasteiger partial charge in [0.05, 0.1) is 6.26 Å². The summed E-state index contributed by atoms with van der Waals surface area (Å²) in [7, 11) is -6.96. The first-order valence-corrected chi connectivity index (χ1v) is 14.2. The van der Waals surface area contributed by atoms with E-state index >= 15 is 0 Å². The molecule has 4 rings (SSSR count). The molecule has 0 radical (unpaired) electrons. The highest BCUT2D eigenvalue weighted by atomic mass is 32.2. The molecule has 0 aromatic heterocycles. The topological polar surface area (TPSA) is 132 Å². The molecule has 2 N–H and O–H groups in total. The van der Waals surface area contributed by atoms with Crippen LogP contribution < -0.4 is 10.0 Å². The van der Waals surface area contributed by atoms with E-state index in [9.17, 15) is 17.4 Å². The van der Waals surface area contributed by atoms with Crippen molar-refractivity contribution in [2.75, 3.05) is 18.1 Å². The molecule has 1 unspecified atom stereocenters. The summed E-state index contributed by atoms with van der Waals surface area (Å²) in [6, 6.07) is 1.07. The van der Waals surface area contributed by atoms with Gasteiger partial charge in [0, 0.05) is 23.7 Å². The minimum atomic E-state index is -3.54. The molecule has 1 heterocycles. The standard InChI is InChI=1S/C21H27N5O4S2/c1-31(28,29)26-11-4-7-17(26)10-12-32(30,23-14-22)25-21(27)24-20-18-8-2-5-15(18)13-16-6-3-9-19(16)20/h10,12-13,17H,2-9,11H2,1H3,(H2,23,24,25,27,30)/b12-10+/t17-,32?/m1/s1. The number of nitrogens with one attached hydrogen (secondary N) is 2. The largest absolute Gasteiger partial charge is 0.331 e. The predicted molar refractivity (Wildman–Crippen MR) is 123 cm³/mol. The molecule has 0 spiro atoms. The van der Waals surface area contributed by atoms with Crippen molar-refractivity contribution in [3.05, 3.63) is 39.8 Å². The first kappa shape index (κ1) is 22.8. The Morgan fingerprint density at radius 3 is 2.41 bits per heavy atom. The lowest BCUT2D eigenvalue weighted by Crippen LogP contribution is -2.35. The summed E-state index contributed by atoms with van der Waals surface area (Å²) in [6.45, 7) is 0.378. The van der Waals surface area contributed by atoms with E-state index < -0.39 is 32.0 Å². The van der Waals surface area contributed by atoms with E-state index in [1.54, 1.807) is 0 Å². The normalized spacial score (nSPS) is 22.2. The highest BCUT2D eigenvalue weighted by Gasteiger charge is 2.30. The average Bonchev–Trinajstić information content (AvgIpc) is 3.45. The number of sulfonamides is 1. The average molecular weight is 478 g/mol. The number of benzene rings is 1. The lowest BCUT2D eigenvalue weighted by molar-refractivity contribution is 0.257. The molecular formula is C21H27N5O4S2. The molecule has 32 heavy (non-hydrogen) atoms. The highest BCUT2D eigenvalue weighted by Crippen LogP contribution is 2.38. The molecule has 9 nitrogen and oxygen atoms in total. The third-order valence-corrected chi connectivity index (χ3v) is 8.95. The second kappa shape index (κ2) is 8.84. The molecular weight excluding hydrogens is 450 g/mol. The van der Waals surface area contributed by atoms with E-state index in [0.717, 1.165) is 67.0 Å². The Morgan fingerprint density at radius 1 is 1.16 bits per heavy atom. The van der Waals surface area contributed by atoms with Crippen LogP contribution in [0.2, 0.25) is 0 Å². The van der Waals surface area contributed by atoms with Crippen LogP contribution in [0.5, 0.6) is 0 Å². The van der Waals surface area contributed by atoms with Gasteiger partial charge in [-0.25, -0.2) is 22.1 Å². The Morgan fingerprint density at radius 2 is 1.81 bits per heavy atom. The molecule has 0 bridgehead atoms. The Hall–Kier alpha value is -2.42. The predicted octanol–water partition coefficient (Wildman–Crippen LogP) is 2.59. The monoisotopic (exact) mass is 477 g/mol. The minimum Gasteiger partial charge on any atom is -0.307 e. The number of aryl methyl sites for hydroxylation is 2. The summed E-state index contributed by atoms with van der Waals surface area (Å²) >= 11 is 0. The summed E-state index contributed by atoms with van der Waals surface area (Å²) in [4.78, 5) is 12.8. The summed E-state index contributed by atoms with van der Waals surface area (Å²) in [5.41, 5.74) is 5.58. The van der Waals surface area contributed by atoms with Gasteiger partial charge in [-0.3, -0.25) is 0 Å². The number of nitriles is 1. The van der Waals surface area contributed by atoms with Gasteiger partial charge in [-0.2, -0.15) is 9.57 Å². The second-order valence-corrected chi connectivity index (χ2v) is 12.2. The Kier molecular flexibility index (Phi) is 6.29. The lowest BCUT2D eigenvalue weighted by Gasteiger charge is -2.19. The Balaban J connectivity index is 1.55. The van der Waals surface area contributed by atoms with Crippen LogP contribution in [-0.2, 0) is 45.6 Å². The molecule has 1 aromatic carbocycles. The fourth-order valence-electron chi connectivity index (χ4n) is 4.95. The number of carbonyl (C=O) groups is 1. The summed E-state index contributed by atoms with van der Waals surface area (Å²) in [5.74, 6) is 0. The van der Waals surface area contributed by atoms with E-state index in [1.165, 1.54) is 27.7 Å². The van der Waals surface area contributed by atoms with Gasteiger partial charge in [-0.15, -0.1) is 0 Å². The van der Waals surface area contributed by atoms with E-state index in [4.69, 9.17) is 5.26 Å². The molecule has 2 atom stereocenters. The molecule has 1 saturated heterocycles. The first-order chi connectivity index (χ1) is 15.2. The van der Waals surface area contributed by atoms with E-state index in [-0.39, 0.29) is 0 Å². The second-order valence-electron chi connectivity index (χ2n) is 8.46. The number of rotatable bonds is 5. The number of hydrogen-bond acceptors (Lipinski definition) is 6. The quantitative estimate of drug-likeness (QED) is 0.629. The molecule has 0 saturated carbocycles. The van der Waals surface area contributed by atoms with Crippen LogP contribution in [0.3, 0.4) is 0 Å². The van der Waals surface area contributed by atoms with E-state index in [0.29, 0.717) is 19.4 Å². The van der Waals surface area contributed by atoms with Gasteiger partial charge in [0.15, 0.2) is 9.92 Å². The summed E-state index contributed by atoms with van der Waals surface area (Å²) in [6.07, 6.45) is 11.2. The van der Waals surface area contributed by atoms with Gasteiger partial charge >= 0.3 is 6.03 Å². The van der Waals surface area contributed by atoms with Crippen molar-refractivity contribution < 1.29 is 17.4 Å². The molecule has 2 amide bonds. The zero-order chi connectivity index (χ0) is 22.9. The third-order valence-electron chi connectivity index (χ3n) is 6.29. The van der Waals surface area contributed by atoms with E-state index in [1.807, 2.05) is 0 Å². The van der Waals surface area contributed by atoms with Crippen molar-refractivity contribution in [2.45, 2.75) is 57.4 Å². The van der Waals surface area contributed by atoms with Crippen molar-refractivity contribution in [1.82, 2.24) is 9.03 Å². The Labute approximate surface area is 189 Å². The summed E-state index contributed by atoms with van der Waals surface area (Å²) < 4.78 is 44.1. The molecule has 1 fully saturated rings. The van der Waals surface area contributed by atoms with Gasteiger partial charge in [-0.05, 0) is 73.6 Å². The van der Waals surface area contributed by atoms with Crippen molar-refractivity contribution in [1.29, 1.82) is 5.26 Å². The number of carbonyl (C=O) groups excluding carboxylic acids is 1. The van der Waals surface area contributed by atoms with E-state index in [2.05, 4.69) is 20.5 Å². The van der Waals surface area contributed by atoms with Crippen LogP contribution in [0.15, 0.2) is 21.9 Å². The van der Waals surface area contributed by atoms with Gasteiger partial charge in [0.2, 0.25) is 16.2 Å². The zero-order valence-electron chi connectivity index (χ0n) is 18.0. The van der Waals surface area contributed by atoms with Crippen molar-refractivity contribution in [3.8, 4) is 6.19 Å².